The van der Waals surface area contributed by atoms with Crippen molar-refractivity contribution in [2.24, 2.45) is 0 Å². The fourth-order valence-corrected chi connectivity index (χ4v) is 1.92. The molecule has 0 aliphatic heterocycles. The Bertz CT molecular complexity index is 549. The average molecular weight is 321 g/mol. The minimum atomic E-state index is -0.0725. The molecule has 0 fully saturated rings. The van der Waals surface area contributed by atoms with E-state index in [2.05, 4.69) is 57.0 Å². The number of anilines is 1. The predicted molar refractivity (Wildman–Crippen MR) is 80.0 cm³/mol. The zero-order valence-electron chi connectivity index (χ0n) is 11.3. The van der Waals surface area contributed by atoms with Crippen molar-refractivity contribution in [3.05, 3.63) is 46.6 Å². The van der Waals surface area contributed by atoms with E-state index in [1.54, 1.807) is 12.4 Å². The van der Waals surface area contributed by atoms with Gasteiger partial charge in [-0.15, -0.1) is 0 Å². The molecule has 0 radical (unpaired) electrons. The third-order valence-corrected chi connectivity index (χ3v) is 2.99. The number of pyridine rings is 1. The maximum Gasteiger partial charge on any atom is 0.137 e. The van der Waals surface area contributed by atoms with Gasteiger partial charge in [-0.25, -0.2) is 9.97 Å². The Morgan fingerprint density at radius 2 is 1.84 bits per heavy atom. The van der Waals surface area contributed by atoms with Crippen molar-refractivity contribution in [3.63, 3.8) is 0 Å². The lowest BCUT2D eigenvalue weighted by atomic mass is 9.96. The summed E-state index contributed by atoms with van der Waals surface area (Å²) in [4.78, 5) is 13.0. The lowest BCUT2D eigenvalue weighted by molar-refractivity contribution is 0.544. The quantitative estimate of drug-likeness (QED) is 0.879. The topological polar surface area (TPSA) is 50.7 Å². The van der Waals surface area contributed by atoms with E-state index in [0.717, 1.165) is 22.8 Å². The monoisotopic (exact) mass is 320 g/mol. The van der Waals surface area contributed by atoms with E-state index in [-0.39, 0.29) is 5.41 Å². The molecule has 5 heteroatoms. The van der Waals surface area contributed by atoms with Crippen LogP contribution in [0.5, 0.6) is 0 Å². The Hall–Kier alpha value is -1.49. The van der Waals surface area contributed by atoms with Crippen LogP contribution in [0, 0.1) is 0 Å². The highest BCUT2D eigenvalue weighted by molar-refractivity contribution is 9.10. The Morgan fingerprint density at radius 1 is 1.16 bits per heavy atom. The molecule has 0 saturated heterocycles. The van der Waals surface area contributed by atoms with Crippen LogP contribution in [-0.4, -0.2) is 15.0 Å². The molecule has 2 aromatic heterocycles. The molecule has 0 saturated carbocycles. The van der Waals surface area contributed by atoms with Crippen LogP contribution < -0.4 is 5.32 Å². The Kier molecular flexibility index (Phi) is 4.14. The van der Waals surface area contributed by atoms with E-state index in [1.807, 2.05) is 18.2 Å². The maximum atomic E-state index is 4.55. The molecule has 2 rings (SSSR count). The molecule has 1 N–H and O–H groups in total. The first-order valence-corrected chi connectivity index (χ1v) is 6.92. The molecular weight excluding hydrogens is 304 g/mol. The minimum Gasteiger partial charge on any atom is -0.366 e. The van der Waals surface area contributed by atoms with Gasteiger partial charge in [0.1, 0.15) is 16.2 Å². The van der Waals surface area contributed by atoms with Gasteiger partial charge in [0, 0.05) is 30.4 Å². The molecule has 0 unspecified atom stereocenters. The second kappa shape index (κ2) is 5.65. The molecule has 2 heterocycles. The standard InChI is InChI=1S/C14H17BrN4/c1-14(2,3)13-18-11(15)8-12(19-13)17-9-10-4-6-16-7-5-10/h4-8H,9H2,1-3H3,(H,17,18,19). The van der Waals surface area contributed by atoms with Gasteiger partial charge in [-0.05, 0) is 33.6 Å². The predicted octanol–water partition coefficient (Wildman–Crippen LogP) is 3.54. The van der Waals surface area contributed by atoms with Crippen LogP contribution in [-0.2, 0) is 12.0 Å². The second-order valence-electron chi connectivity index (χ2n) is 5.36. The summed E-state index contributed by atoms with van der Waals surface area (Å²) < 4.78 is 0.796. The zero-order chi connectivity index (χ0) is 13.9. The maximum absolute atomic E-state index is 4.55. The van der Waals surface area contributed by atoms with E-state index in [0.29, 0.717) is 0 Å². The number of rotatable bonds is 3. The molecule has 4 nitrogen and oxygen atoms in total. The van der Waals surface area contributed by atoms with Gasteiger partial charge in [0.15, 0.2) is 0 Å². The fourth-order valence-electron chi connectivity index (χ4n) is 1.54. The number of hydrogen-bond acceptors (Lipinski definition) is 4. The smallest absolute Gasteiger partial charge is 0.137 e. The highest BCUT2D eigenvalue weighted by atomic mass is 79.9. The van der Waals surface area contributed by atoms with Crippen LogP contribution in [0.2, 0.25) is 0 Å². The zero-order valence-corrected chi connectivity index (χ0v) is 12.9. The molecule has 0 aliphatic rings. The van der Waals surface area contributed by atoms with Gasteiger partial charge in [-0.1, -0.05) is 20.8 Å². The highest BCUT2D eigenvalue weighted by Gasteiger charge is 2.18. The molecule has 100 valence electrons. The van der Waals surface area contributed by atoms with E-state index < -0.39 is 0 Å². The van der Waals surface area contributed by atoms with Crippen LogP contribution in [0.3, 0.4) is 0 Å². The van der Waals surface area contributed by atoms with Gasteiger partial charge in [-0.3, -0.25) is 4.98 Å². The number of halogens is 1. The van der Waals surface area contributed by atoms with Crippen LogP contribution in [0.4, 0.5) is 5.82 Å². The molecule has 0 aromatic carbocycles. The fraction of sp³-hybridized carbons (Fsp3) is 0.357. The normalized spacial score (nSPS) is 11.4. The largest absolute Gasteiger partial charge is 0.366 e. The summed E-state index contributed by atoms with van der Waals surface area (Å²) in [7, 11) is 0. The van der Waals surface area contributed by atoms with Gasteiger partial charge >= 0.3 is 0 Å². The van der Waals surface area contributed by atoms with Crippen LogP contribution >= 0.6 is 15.9 Å². The van der Waals surface area contributed by atoms with E-state index in [9.17, 15) is 0 Å². The number of aromatic nitrogens is 3. The van der Waals surface area contributed by atoms with Crippen molar-refractivity contribution in [1.29, 1.82) is 0 Å². The van der Waals surface area contributed by atoms with Crippen LogP contribution in [0.15, 0.2) is 35.2 Å². The van der Waals surface area contributed by atoms with Crippen LogP contribution in [0.1, 0.15) is 32.2 Å². The molecule has 0 bridgehead atoms. The van der Waals surface area contributed by atoms with E-state index >= 15 is 0 Å². The molecule has 0 spiro atoms. The lowest BCUT2D eigenvalue weighted by Gasteiger charge is -2.18. The molecule has 19 heavy (non-hydrogen) atoms. The lowest BCUT2D eigenvalue weighted by Crippen LogP contribution is -2.17. The molecule has 0 aliphatic carbocycles. The van der Waals surface area contributed by atoms with Gasteiger partial charge < -0.3 is 5.32 Å². The molecule has 2 aromatic rings. The summed E-state index contributed by atoms with van der Waals surface area (Å²) in [6.07, 6.45) is 3.57. The second-order valence-corrected chi connectivity index (χ2v) is 6.17. The third-order valence-electron chi connectivity index (χ3n) is 2.59. The van der Waals surface area contributed by atoms with E-state index in [1.165, 1.54) is 5.56 Å². The molecule has 0 atom stereocenters. The van der Waals surface area contributed by atoms with Crippen molar-refractivity contribution < 1.29 is 0 Å². The molecule has 0 amide bonds. The number of hydrogen-bond donors (Lipinski definition) is 1. The Balaban J connectivity index is 2.15. The van der Waals surface area contributed by atoms with E-state index in [4.69, 9.17) is 0 Å². The summed E-state index contributed by atoms with van der Waals surface area (Å²) in [6, 6.07) is 5.85. The van der Waals surface area contributed by atoms with Gasteiger partial charge in [-0.2, -0.15) is 0 Å². The number of nitrogens with one attached hydrogen (secondary N) is 1. The van der Waals surface area contributed by atoms with Crippen molar-refractivity contribution >= 4 is 21.7 Å². The minimum absolute atomic E-state index is 0.0725. The van der Waals surface area contributed by atoms with Crippen molar-refractivity contribution in [1.82, 2.24) is 15.0 Å². The third kappa shape index (κ3) is 3.99. The molecular formula is C14H17BrN4. The Labute approximate surface area is 121 Å². The van der Waals surface area contributed by atoms with Crippen LogP contribution in [0.25, 0.3) is 0 Å². The van der Waals surface area contributed by atoms with Gasteiger partial charge in [0.25, 0.3) is 0 Å². The van der Waals surface area contributed by atoms with Gasteiger partial charge in [0.2, 0.25) is 0 Å². The average Bonchev–Trinajstić information content (AvgIpc) is 2.36. The first kappa shape index (κ1) is 13.9. The first-order chi connectivity index (χ1) is 8.95. The summed E-state index contributed by atoms with van der Waals surface area (Å²) in [5.41, 5.74) is 1.10. The summed E-state index contributed by atoms with van der Waals surface area (Å²) in [5.74, 6) is 1.64. The SMILES string of the molecule is CC(C)(C)c1nc(Br)cc(NCc2ccncc2)n1. The summed E-state index contributed by atoms with van der Waals surface area (Å²) >= 11 is 3.43. The van der Waals surface area contributed by atoms with Crippen molar-refractivity contribution in [3.8, 4) is 0 Å². The first-order valence-electron chi connectivity index (χ1n) is 6.13. The summed E-state index contributed by atoms with van der Waals surface area (Å²) in [6.45, 7) is 7.01. The summed E-state index contributed by atoms with van der Waals surface area (Å²) in [5, 5.41) is 3.31. The van der Waals surface area contributed by atoms with Crippen molar-refractivity contribution in [2.75, 3.05) is 5.32 Å². The van der Waals surface area contributed by atoms with Crippen molar-refractivity contribution in [2.45, 2.75) is 32.7 Å². The van der Waals surface area contributed by atoms with Gasteiger partial charge in [0.05, 0.1) is 0 Å². The highest BCUT2D eigenvalue weighted by Crippen LogP contribution is 2.22. The Morgan fingerprint density at radius 3 is 2.47 bits per heavy atom. The number of nitrogens with zero attached hydrogens (tertiary/aromatic N) is 3.